The van der Waals surface area contributed by atoms with Gasteiger partial charge in [0.1, 0.15) is 0 Å². The summed E-state index contributed by atoms with van der Waals surface area (Å²) in [6.45, 7) is 3.70. The van der Waals surface area contributed by atoms with Crippen LogP contribution >= 0.6 is 11.6 Å². The summed E-state index contributed by atoms with van der Waals surface area (Å²) < 4.78 is 23.8. The molecule has 2 rings (SSSR count). The van der Waals surface area contributed by atoms with Gasteiger partial charge in [-0.05, 0) is 49.2 Å². The Morgan fingerprint density at radius 1 is 1.08 bits per heavy atom. The zero-order valence-corrected chi connectivity index (χ0v) is 14.8. The Bertz CT molecular complexity index is 875. The van der Waals surface area contributed by atoms with Gasteiger partial charge in [0.05, 0.1) is 0 Å². The Labute approximate surface area is 146 Å². The smallest absolute Gasteiger partial charge is 0.266 e. The number of nitrogens with one attached hydrogen (secondary N) is 2. The number of sulfonamides is 1. The second-order valence-electron chi connectivity index (χ2n) is 5.27. The standard InChI is InChI=1S/C17H17ClN2O3S/c1-12-3-8-16(13(2)11-12)17(21)19-20-24(22,23)10-9-14-4-6-15(18)7-5-14/h3-11,20H,1-2H3,(H,19,21)/b10-9+. The van der Waals surface area contributed by atoms with Crippen molar-refractivity contribution in [1.82, 2.24) is 10.3 Å². The molecule has 24 heavy (non-hydrogen) atoms. The first-order valence-electron chi connectivity index (χ1n) is 7.10. The van der Waals surface area contributed by atoms with E-state index in [0.717, 1.165) is 16.5 Å². The molecule has 7 heteroatoms. The van der Waals surface area contributed by atoms with Gasteiger partial charge in [-0.25, -0.2) is 8.42 Å². The fraction of sp³-hybridized carbons (Fsp3) is 0.118. The molecule has 0 aliphatic carbocycles. The second kappa shape index (κ2) is 7.61. The van der Waals surface area contributed by atoms with E-state index in [0.29, 0.717) is 16.1 Å². The summed E-state index contributed by atoms with van der Waals surface area (Å²) >= 11 is 5.76. The van der Waals surface area contributed by atoms with Crippen LogP contribution < -0.4 is 10.3 Å². The lowest BCUT2D eigenvalue weighted by Gasteiger charge is -2.08. The van der Waals surface area contributed by atoms with Crippen molar-refractivity contribution < 1.29 is 13.2 Å². The molecule has 2 aromatic carbocycles. The Hall–Kier alpha value is -2.15. The molecule has 0 aromatic heterocycles. The lowest BCUT2D eigenvalue weighted by molar-refractivity contribution is 0.0944. The van der Waals surface area contributed by atoms with Gasteiger partial charge < -0.3 is 0 Å². The van der Waals surface area contributed by atoms with Crippen molar-refractivity contribution in [3.05, 3.63) is 75.1 Å². The second-order valence-corrected chi connectivity index (χ2v) is 7.28. The van der Waals surface area contributed by atoms with Crippen molar-refractivity contribution in [2.45, 2.75) is 13.8 Å². The van der Waals surface area contributed by atoms with Gasteiger partial charge in [-0.3, -0.25) is 10.2 Å². The molecular weight excluding hydrogens is 348 g/mol. The van der Waals surface area contributed by atoms with Gasteiger partial charge in [0.15, 0.2) is 0 Å². The van der Waals surface area contributed by atoms with Crippen LogP contribution in [0.15, 0.2) is 47.9 Å². The molecule has 126 valence electrons. The van der Waals surface area contributed by atoms with Crippen molar-refractivity contribution in [3.8, 4) is 0 Å². The van der Waals surface area contributed by atoms with Gasteiger partial charge in [-0.2, -0.15) is 0 Å². The number of hydrogen-bond acceptors (Lipinski definition) is 3. The lowest BCUT2D eigenvalue weighted by atomic mass is 10.1. The number of amides is 1. The van der Waals surface area contributed by atoms with Crippen LogP contribution in [0.2, 0.25) is 5.02 Å². The summed E-state index contributed by atoms with van der Waals surface area (Å²) in [5.41, 5.74) is 5.07. The molecule has 0 aliphatic heterocycles. The van der Waals surface area contributed by atoms with Crippen LogP contribution in [-0.2, 0) is 10.0 Å². The first kappa shape index (κ1) is 18.2. The Balaban J connectivity index is 2.01. The summed E-state index contributed by atoms with van der Waals surface area (Å²) in [6, 6.07) is 12.0. The van der Waals surface area contributed by atoms with Gasteiger partial charge in [0, 0.05) is 16.0 Å². The molecule has 0 saturated heterocycles. The van der Waals surface area contributed by atoms with Gasteiger partial charge >= 0.3 is 0 Å². The average Bonchev–Trinajstić information content (AvgIpc) is 2.52. The number of carbonyl (C=O) groups excluding carboxylic acids is 1. The molecular formula is C17H17ClN2O3S. The largest absolute Gasteiger partial charge is 0.274 e. The molecule has 0 atom stereocenters. The molecule has 2 aromatic rings. The van der Waals surface area contributed by atoms with Crippen molar-refractivity contribution >= 4 is 33.6 Å². The third-order valence-corrected chi connectivity index (χ3v) is 4.38. The topological polar surface area (TPSA) is 75.3 Å². The van der Waals surface area contributed by atoms with Crippen LogP contribution in [-0.4, -0.2) is 14.3 Å². The van der Waals surface area contributed by atoms with Gasteiger partial charge in [0.2, 0.25) is 0 Å². The fourth-order valence-corrected chi connectivity index (χ4v) is 2.79. The SMILES string of the molecule is Cc1ccc(C(=O)NNS(=O)(=O)/C=C/c2ccc(Cl)cc2)c(C)c1. The molecule has 0 aliphatic rings. The summed E-state index contributed by atoms with van der Waals surface area (Å²) in [5.74, 6) is -0.518. The van der Waals surface area contributed by atoms with E-state index in [1.807, 2.05) is 17.8 Å². The summed E-state index contributed by atoms with van der Waals surface area (Å²) in [6.07, 6.45) is 1.40. The highest BCUT2D eigenvalue weighted by molar-refractivity contribution is 7.92. The van der Waals surface area contributed by atoms with Crippen molar-refractivity contribution in [3.63, 3.8) is 0 Å². The molecule has 5 nitrogen and oxygen atoms in total. The molecule has 0 spiro atoms. The highest BCUT2D eigenvalue weighted by Crippen LogP contribution is 2.11. The lowest BCUT2D eigenvalue weighted by Crippen LogP contribution is -2.40. The highest BCUT2D eigenvalue weighted by atomic mass is 35.5. The monoisotopic (exact) mass is 364 g/mol. The van der Waals surface area contributed by atoms with Crippen molar-refractivity contribution in [2.75, 3.05) is 0 Å². The number of aryl methyl sites for hydroxylation is 2. The minimum atomic E-state index is -3.81. The maximum atomic E-state index is 12.1. The molecule has 0 saturated carbocycles. The maximum Gasteiger partial charge on any atom is 0.266 e. The van der Waals surface area contributed by atoms with E-state index in [-0.39, 0.29) is 0 Å². The third kappa shape index (κ3) is 5.19. The van der Waals surface area contributed by atoms with Crippen LogP contribution in [0.4, 0.5) is 0 Å². The van der Waals surface area contributed by atoms with E-state index >= 15 is 0 Å². The molecule has 1 amide bonds. The van der Waals surface area contributed by atoms with Gasteiger partial charge in [0.25, 0.3) is 15.9 Å². The third-order valence-electron chi connectivity index (χ3n) is 3.24. The van der Waals surface area contributed by atoms with Crippen molar-refractivity contribution in [1.29, 1.82) is 0 Å². The summed E-state index contributed by atoms with van der Waals surface area (Å²) in [4.78, 5) is 14.1. The first-order valence-corrected chi connectivity index (χ1v) is 9.02. The van der Waals surface area contributed by atoms with E-state index in [9.17, 15) is 13.2 Å². The highest BCUT2D eigenvalue weighted by Gasteiger charge is 2.11. The molecule has 0 fully saturated rings. The van der Waals surface area contributed by atoms with Crippen molar-refractivity contribution in [2.24, 2.45) is 0 Å². The maximum absolute atomic E-state index is 12.1. The van der Waals surface area contributed by atoms with E-state index < -0.39 is 15.9 Å². The number of halogens is 1. The normalized spacial score (nSPS) is 11.6. The van der Waals surface area contributed by atoms with Gasteiger partial charge in [-0.15, -0.1) is 4.83 Å². The predicted octanol–water partition coefficient (Wildman–Crippen LogP) is 3.19. The van der Waals surface area contributed by atoms with E-state index in [2.05, 4.69) is 5.43 Å². The van der Waals surface area contributed by atoms with Crippen LogP contribution in [0.25, 0.3) is 6.08 Å². The minimum absolute atomic E-state index is 0.407. The Morgan fingerprint density at radius 3 is 2.38 bits per heavy atom. The quantitative estimate of drug-likeness (QED) is 0.800. The van der Waals surface area contributed by atoms with E-state index in [1.54, 1.807) is 43.3 Å². The number of rotatable bonds is 5. The molecule has 0 unspecified atom stereocenters. The fourth-order valence-electron chi connectivity index (χ4n) is 2.03. The predicted molar refractivity (Wildman–Crippen MR) is 95.9 cm³/mol. The average molecular weight is 365 g/mol. The number of benzene rings is 2. The summed E-state index contributed by atoms with van der Waals surface area (Å²) in [7, 11) is -3.81. The Kier molecular flexibility index (Phi) is 5.77. The van der Waals surface area contributed by atoms with Crippen LogP contribution in [0.5, 0.6) is 0 Å². The molecule has 0 bridgehead atoms. The molecule has 2 N–H and O–H groups in total. The van der Waals surface area contributed by atoms with Crippen LogP contribution in [0.1, 0.15) is 27.0 Å². The van der Waals surface area contributed by atoms with Gasteiger partial charge in [-0.1, -0.05) is 41.4 Å². The number of carbonyl (C=O) groups is 1. The number of hydrogen-bond donors (Lipinski definition) is 2. The first-order chi connectivity index (χ1) is 11.3. The van der Waals surface area contributed by atoms with Crippen LogP contribution in [0.3, 0.4) is 0 Å². The molecule has 0 radical (unpaired) electrons. The minimum Gasteiger partial charge on any atom is -0.274 e. The zero-order valence-electron chi connectivity index (χ0n) is 13.2. The molecule has 0 heterocycles. The number of hydrazine groups is 1. The summed E-state index contributed by atoms with van der Waals surface area (Å²) in [5, 5.41) is 1.53. The van der Waals surface area contributed by atoms with E-state index in [4.69, 9.17) is 11.6 Å². The van der Waals surface area contributed by atoms with Crippen LogP contribution in [0, 0.1) is 13.8 Å². The van der Waals surface area contributed by atoms with E-state index in [1.165, 1.54) is 6.08 Å². The Morgan fingerprint density at radius 2 is 1.75 bits per heavy atom. The zero-order chi connectivity index (χ0) is 17.7.